The number of pyridine rings is 1. The number of fused-ring (bicyclic) bond motifs is 1. The number of hydrogen-bond donors (Lipinski definition) is 2. The molecule has 3 rings (SSSR count). The molecule has 0 saturated carbocycles. The number of aromatic amines is 1. The van der Waals surface area contributed by atoms with E-state index in [1.807, 2.05) is 13.8 Å². The lowest BCUT2D eigenvalue weighted by molar-refractivity contribution is 0.0947. The van der Waals surface area contributed by atoms with Crippen molar-refractivity contribution in [2.75, 3.05) is 33.4 Å². The number of amides is 1. The molecule has 1 aliphatic rings. The lowest BCUT2D eigenvalue weighted by Crippen LogP contribution is -2.42. The second kappa shape index (κ2) is 9.28. The van der Waals surface area contributed by atoms with Crippen LogP contribution in [0, 0.1) is 11.8 Å². The van der Waals surface area contributed by atoms with E-state index in [1.54, 1.807) is 13.2 Å². The van der Waals surface area contributed by atoms with Gasteiger partial charge in [0.05, 0.1) is 4.90 Å². The summed E-state index contributed by atoms with van der Waals surface area (Å²) in [5.74, 6) is 0.0581. The molecule has 1 fully saturated rings. The molecule has 0 bridgehead atoms. The minimum Gasteiger partial charge on any atom is -0.385 e. The van der Waals surface area contributed by atoms with E-state index in [0.29, 0.717) is 38.2 Å². The van der Waals surface area contributed by atoms with E-state index >= 15 is 0 Å². The van der Waals surface area contributed by atoms with Gasteiger partial charge in [-0.3, -0.25) is 9.59 Å². The van der Waals surface area contributed by atoms with Crippen LogP contribution in [0.5, 0.6) is 0 Å². The summed E-state index contributed by atoms with van der Waals surface area (Å²) in [5.41, 5.74) is -0.0598. The molecular formula is C21H29N3O5S. The fraction of sp³-hybridized carbons (Fsp3) is 0.524. The van der Waals surface area contributed by atoms with Crippen molar-refractivity contribution in [2.24, 2.45) is 11.8 Å². The molecule has 8 nitrogen and oxygen atoms in total. The van der Waals surface area contributed by atoms with Crippen molar-refractivity contribution in [3.8, 4) is 0 Å². The van der Waals surface area contributed by atoms with Gasteiger partial charge in [0.2, 0.25) is 15.5 Å². The lowest BCUT2D eigenvalue weighted by Gasteiger charge is -2.34. The number of carbonyl (C=O) groups excluding carboxylic acids is 1. The van der Waals surface area contributed by atoms with Gasteiger partial charge in [-0.05, 0) is 42.9 Å². The van der Waals surface area contributed by atoms with E-state index < -0.39 is 21.4 Å². The highest BCUT2D eigenvalue weighted by Crippen LogP contribution is 2.27. The number of rotatable bonds is 7. The molecule has 1 aromatic heterocycles. The van der Waals surface area contributed by atoms with Crippen LogP contribution in [-0.4, -0.2) is 57.0 Å². The van der Waals surface area contributed by atoms with E-state index in [-0.39, 0.29) is 27.7 Å². The molecule has 9 heteroatoms. The Balaban J connectivity index is 1.92. The van der Waals surface area contributed by atoms with Gasteiger partial charge in [0.25, 0.3) is 5.91 Å². The highest BCUT2D eigenvalue weighted by atomic mass is 32.2. The smallest absolute Gasteiger partial charge is 0.256 e. The number of carbonyl (C=O) groups is 1. The maximum Gasteiger partial charge on any atom is 0.256 e. The quantitative estimate of drug-likeness (QED) is 0.647. The van der Waals surface area contributed by atoms with Crippen LogP contribution < -0.4 is 10.7 Å². The van der Waals surface area contributed by atoms with Crippen molar-refractivity contribution in [3.63, 3.8) is 0 Å². The van der Waals surface area contributed by atoms with Crippen LogP contribution in [0.2, 0.25) is 0 Å². The summed E-state index contributed by atoms with van der Waals surface area (Å²) < 4.78 is 32.8. The molecular weight excluding hydrogens is 406 g/mol. The zero-order valence-electron chi connectivity index (χ0n) is 17.6. The first kappa shape index (κ1) is 22.5. The van der Waals surface area contributed by atoms with E-state index in [0.717, 1.165) is 6.42 Å². The van der Waals surface area contributed by atoms with Gasteiger partial charge in [0.15, 0.2) is 0 Å². The summed E-state index contributed by atoms with van der Waals surface area (Å²) in [6.45, 7) is 5.89. The van der Waals surface area contributed by atoms with Gasteiger partial charge in [-0.25, -0.2) is 8.42 Å². The molecule has 1 saturated heterocycles. The highest BCUT2D eigenvalue weighted by Gasteiger charge is 2.32. The Morgan fingerprint density at radius 1 is 1.27 bits per heavy atom. The van der Waals surface area contributed by atoms with Gasteiger partial charge >= 0.3 is 0 Å². The number of nitrogens with one attached hydrogen (secondary N) is 2. The predicted octanol–water partition coefficient (Wildman–Crippen LogP) is 1.96. The second-order valence-corrected chi connectivity index (χ2v) is 10.0. The number of ether oxygens (including phenoxy) is 1. The van der Waals surface area contributed by atoms with Crippen LogP contribution in [0.4, 0.5) is 0 Å². The fourth-order valence-corrected chi connectivity index (χ4v) is 5.70. The Labute approximate surface area is 176 Å². The molecule has 2 N–H and O–H groups in total. The Morgan fingerprint density at radius 3 is 2.63 bits per heavy atom. The molecule has 1 aliphatic heterocycles. The molecule has 0 radical (unpaired) electrons. The number of sulfonamides is 1. The van der Waals surface area contributed by atoms with Crippen molar-refractivity contribution in [2.45, 2.75) is 31.6 Å². The Morgan fingerprint density at radius 2 is 1.97 bits per heavy atom. The summed E-state index contributed by atoms with van der Waals surface area (Å²) >= 11 is 0. The molecule has 30 heavy (non-hydrogen) atoms. The zero-order valence-corrected chi connectivity index (χ0v) is 18.4. The maximum absolute atomic E-state index is 13.2. The average molecular weight is 436 g/mol. The Hall–Kier alpha value is -2.23. The molecule has 164 valence electrons. The monoisotopic (exact) mass is 435 g/mol. The summed E-state index contributed by atoms with van der Waals surface area (Å²) in [6, 6.07) is 4.44. The van der Waals surface area contributed by atoms with Crippen LogP contribution in [0.3, 0.4) is 0 Å². The number of methoxy groups -OCH3 is 1. The van der Waals surface area contributed by atoms with Gasteiger partial charge in [0, 0.05) is 50.5 Å². The van der Waals surface area contributed by atoms with Gasteiger partial charge in [-0.1, -0.05) is 13.8 Å². The van der Waals surface area contributed by atoms with Crippen molar-refractivity contribution >= 4 is 26.8 Å². The summed E-state index contributed by atoms with van der Waals surface area (Å²) in [6.07, 6.45) is 2.98. The average Bonchev–Trinajstić information content (AvgIpc) is 2.70. The SMILES string of the molecule is COCCCNC(=O)c1c[nH]c2ccc(S(=O)(=O)N3C[C@H](C)C[C@@H](C)C3)cc2c1=O. The first-order valence-corrected chi connectivity index (χ1v) is 11.6. The number of nitrogens with zero attached hydrogens (tertiary/aromatic N) is 1. The Bertz CT molecular complexity index is 1070. The maximum atomic E-state index is 13.2. The highest BCUT2D eigenvalue weighted by molar-refractivity contribution is 7.89. The normalized spacial score (nSPS) is 20.4. The van der Waals surface area contributed by atoms with Crippen LogP contribution >= 0.6 is 0 Å². The molecule has 0 spiro atoms. The molecule has 2 aromatic rings. The third kappa shape index (κ3) is 4.74. The molecule has 1 amide bonds. The summed E-state index contributed by atoms with van der Waals surface area (Å²) in [7, 11) is -2.15. The fourth-order valence-electron chi connectivity index (χ4n) is 3.99. The van der Waals surface area contributed by atoms with Crippen molar-refractivity contribution in [3.05, 3.63) is 40.2 Å². The minimum absolute atomic E-state index is 0.0466. The standard InChI is InChI=1S/C21H29N3O5S/c1-14-9-15(2)13-24(12-14)30(27,28)16-5-6-19-17(10-16)20(25)18(11-23-19)21(26)22-7-4-8-29-3/h5-6,10-11,14-15H,4,7-9,12-13H2,1-3H3,(H,22,26)(H,23,25)/t14-,15-/m1/s1. The van der Waals surface area contributed by atoms with E-state index in [2.05, 4.69) is 10.3 Å². The van der Waals surface area contributed by atoms with Crippen LogP contribution in [-0.2, 0) is 14.8 Å². The van der Waals surface area contributed by atoms with E-state index in [1.165, 1.54) is 22.6 Å². The van der Waals surface area contributed by atoms with Crippen LogP contribution in [0.1, 0.15) is 37.0 Å². The number of piperidine rings is 1. The van der Waals surface area contributed by atoms with Crippen LogP contribution in [0.15, 0.2) is 34.1 Å². The topological polar surface area (TPSA) is 109 Å². The number of hydrogen-bond acceptors (Lipinski definition) is 5. The number of aromatic nitrogens is 1. The van der Waals surface area contributed by atoms with E-state index in [4.69, 9.17) is 4.74 Å². The molecule has 2 heterocycles. The predicted molar refractivity (Wildman–Crippen MR) is 115 cm³/mol. The van der Waals surface area contributed by atoms with Gasteiger partial charge in [-0.15, -0.1) is 0 Å². The third-order valence-electron chi connectivity index (χ3n) is 5.38. The van der Waals surface area contributed by atoms with Gasteiger partial charge < -0.3 is 15.0 Å². The zero-order chi connectivity index (χ0) is 21.9. The van der Waals surface area contributed by atoms with Gasteiger partial charge in [-0.2, -0.15) is 4.31 Å². The minimum atomic E-state index is -3.72. The third-order valence-corrected chi connectivity index (χ3v) is 7.21. The number of H-pyrrole nitrogens is 1. The summed E-state index contributed by atoms with van der Waals surface area (Å²) in [5, 5.41) is 2.86. The van der Waals surface area contributed by atoms with Crippen molar-refractivity contribution < 1.29 is 17.9 Å². The number of benzene rings is 1. The summed E-state index contributed by atoms with van der Waals surface area (Å²) in [4.78, 5) is 28.3. The molecule has 0 unspecified atom stereocenters. The van der Waals surface area contributed by atoms with Crippen molar-refractivity contribution in [1.82, 2.24) is 14.6 Å². The first-order valence-electron chi connectivity index (χ1n) is 10.2. The largest absolute Gasteiger partial charge is 0.385 e. The van der Waals surface area contributed by atoms with E-state index in [9.17, 15) is 18.0 Å². The molecule has 0 aliphatic carbocycles. The van der Waals surface area contributed by atoms with Crippen molar-refractivity contribution in [1.29, 1.82) is 0 Å². The molecule has 2 atom stereocenters. The second-order valence-electron chi connectivity index (χ2n) is 8.11. The van der Waals surface area contributed by atoms with Crippen LogP contribution in [0.25, 0.3) is 10.9 Å². The molecule has 1 aromatic carbocycles. The first-order chi connectivity index (χ1) is 14.2. The lowest BCUT2D eigenvalue weighted by atomic mass is 9.94. The van der Waals surface area contributed by atoms with Gasteiger partial charge in [0.1, 0.15) is 5.56 Å². The Kier molecular flexibility index (Phi) is 6.95.